The number of hydrogen-bond donors (Lipinski definition) is 1. The third kappa shape index (κ3) is 3.98. The van der Waals surface area contributed by atoms with Crippen molar-refractivity contribution in [2.75, 3.05) is 20.6 Å². The largest absolute Gasteiger partial charge is 0.411 e. The maximum Gasteiger partial charge on any atom is 0.146 e. The SMILES string of the molecule is C#CCN=C(/C=N/O)N(C)C. The lowest BCUT2D eigenvalue weighted by Gasteiger charge is -2.09. The molecule has 11 heavy (non-hydrogen) atoms. The van der Waals surface area contributed by atoms with E-state index in [1.54, 1.807) is 19.0 Å². The molecule has 0 fully saturated rings. The Hall–Kier alpha value is -1.50. The molecule has 60 valence electrons. The van der Waals surface area contributed by atoms with Gasteiger partial charge >= 0.3 is 0 Å². The molecule has 0 aromatic rings. The average Bonchev–Trinajstić information content (AvgIpc) is 1.97. The first-order valence-electron chi connectivity index (χ1n) is 3.05. The molecule has 0 aromatic heterocycles. The van der Waals surface area contributed by atoms with Gasteiger partial charge in [-0.15, -0.1) is 6.42 Å². The molecule has 0 aliphatic rings. The molecule has 0 amide bonds. The molecule has 0 saturated carbocycles. The van der Waals surface area contributed by atoms with Crippen LogP contribution in [0.1, 0.15) is 0 Å². The van der Waals surface area contributed by atoms with Crippen molar-refractivity contribution in [3.63, 3.8) is 0 Å². The Bertz CT molecular complexity index is 200. The van der Waals surface area contributed by atoms with Gasteiger partial charge in [0.05, 0.1) is 0 Å². The van der Waals surface area contributed by atoms with E-state index in [9.17, 15) is 0 Å². The standard InChI is InChI=1S/C7H11N3O/c1-4-5-8-7(6-9-11)10(2)3/h1,6,11H,5H2,2-3H3/b8-7?,9-6+. The summed E-state index contributed by atoms with van der Waals surface area (Å²) in [5.41, 5.74) is 0. The molecule has 1 N–H and O–H groups in total. The Morgan fingerprint density at radius 3 is 2.73 bits per heavy atom. The molecule has 0 aliphatic carbocycles. The topological polar surface area (TPSA) is 48.2 Å². The van der Waals surface area contributed by atoms with Crippen LogP contribution in [-0.2, 0) is 0 Å². The summed E-state index contributed by atoms with van der Waals surface area (Å²) in [5.74, 6) is 2.90. The van der Waals surface area contributed by atoms with Crippen LogP contribution < -0.4 is 0 Å². The number of terminal acetylenes is 1. The van der Waals surface area contributed by atoms with Gasteiger partial charge in [0.15, 0.2) is 0 Å². The van der Waals surface area contributed by atoms with Crippen LogP contribution in [0.2, 0.25) is 0 Å². The summed E-state index contributed by atoms with van der Waals surface area (Å²) < 4.78 is 0. The van der Waals surface area contributed by atoms with E-state index in [1.165, 1.54) is 6.21 Å². The number of oxime groups is 1. The zero-order valence-corrected chi connectivity index (χ0v) is 6.65. The number of nitrogens with zero attached hydrogens (tertiary/aromatic N) is 3. The molecule has 0 unspecified atom stereocenters. The Morgan fingerprint density at radius 1 is 1.73 bits per heavy atom. The van der Waals surface area contributed by atoms with E-state index in [0.29, 0.717) is 12.4 Å². The highest BCUT2D eigenvalue weighted by molar-refractivity contribution is 6.28. The minimum absolute atomic E-state index is 0.291. The van der Waals surface area contributed by atoms with Gasteiger partial charge in [-0.25, -0.2) is 0 Å². The van der Waals surface area contributed by atoms with Crippen LogP contribution in [-0.4, -0.2) is 42.8 Å². The quantitative estimate of drug-likeness (QED) is 0.200. The van der Waals surface area contributed by atoms with Gasteiger partial charge in [-0.05, 0) is 0 Å². The number of aliphatic imine (C=N–C) groups is 1. The third-order valence-electron chi connectivity index (χ3n) is 0.964. The van der Waals surface area contributed by atoms with Crippen molar-refractivity contribution in [2.24, 2.45) is 10.1 Å². The molecule has 0 rings (SSSR count). The molecular formula is C7H11N3O. The van der Waals surface area contributed by atoms with Gasteiger partial charge in [-0.1, -0.05) is 11.1 Å². The average molecular weight is 153 g/mol. The summed E-state index contributed by atoms with van der Waals surface area (Å²) in [7, 11) is 3.58. The van der Waals surface area contributed by atoms with Crippen molar-refractivity contribution >= 4 is 12.1 Å². The van der Waals surface area contributed by atoms with Crippen LogP contribution in [0.25, 0.3) is 0 Å². The zero-order valence-electron chi connectivity index (χ0n) is 6.65. The van der Waals surface area contributed by atoms with E-state index >= 15 is 0 Å². The van der Waals surface area contributed by atoms with Gasteiger partial charge in [0.1, 0.15) is 18.6 Å². The van der Waals surface area contributed by atoms with Gasteiger partial charge in [0, 0.05) is 14.1 Å². The summed E-state index contributed by atoms with van der Waals surface area (Å²) in [5, 5.41) is 11.0. The van der Waals surface area contributed by atoms with E-state index in [1.807, 2.05) is 0 Å². The van der Waals surface area contributed by atoms with Crippen molar-refractivity contribution in [3.8, 4) is 12.3 Å². The van der Waals surface area contributed by atoms with E-state index in [-0.39, 0.29) is 0 Å². The lowest BCUT2D eigenvalue weighted by Crippen LogP contribution is -2.23. The summed E-state index contributed by atoms with van der Waals surface area (Å²) in [6.07, 6.45) is 6.22. The highest BCUT2D eigenvalue weighted by Crippen LogP contribution is 1.80. The second-order valence-corrected chi connectivity index (χ2v) is 2.02. The maximum absolute atomic E-state index is 8.20. The molecule has 0 spiro atoms. The number of hydrogen-bond acceptors (Lipinski definition) is 3. The van der Waals surface area contributed by atoms with Gasteiger partial charge in [-0.2, -0.15) is 0 Å². The van der Waals surface area contributed by atoms with Crippen LogP contribution in [0.5, 0.6) is 0 Å². The molecule has 0 radical (unpaired) electrons. The third-order valence-corrected chi connectivity index (χ3v) is 0.964. The van der Waals surface area contributed by atoms with Crippen LogP contribution in [0.3, 0.4) is 0 Å². The van der Waals surface area contributed by atoms with Crippen molar-refractivity contribution in [1.82, 2.24) is 4.90 Å². The van der Waals surface area contributed by atoms with Gasteiger partial charge < -0.3 is 10.1 Å². The molecule has 0 saturated heterocycles. The predicted molar refractivity (Wildman–Crippen MR) is 45.1 cm³/mol. The number of rotatable bonds is 2. The van der Waals surface area contributed by atoms with E-state index < -0.39 is 0 Å². The van der Waals surface area contributed by atoms with Crippen molar-refractivity contribution in [3.05, 3.63) is 0 Å². The normalized spacial score (nSPS) is 11.5. The first-order chi connectivity index (χ1) is 5.22. The Kier molecular flexibility index (Phi) is 4.58. The van der Waals surface area contributed by atoms with Gasteiger partial charge in [0.2, 0.25) is 0 Å². The lowest BCUT2D eigenvalue weighted by molar-refractivity contribution is 0.322. The van der Waals surface area contributed by atoms with Crippen LogP contribution in [0.15, 0.2) is 10.1 Å². The fourth-order valence-corrected chi connectivity index (χ4v) is 0.476. The molecule has 4 heteroatoms. The monoisotopic (exact) mass is 153 g/mol. The van der Waals surface area contributed by atoms with E-state index in [4.69, 9.17) is 11.6 Å². The predicted octanol–water partition coefficient (Wildman–Crippen LogP) is 0.0397. The number of amidine groups is 1. The molecule has 4 nitrogen and oxygen atoms in total. The van der Waals surface area contributed by atoms with E-state index in [2.05, 4.69) is 16.1 Å². The zero-order chi connectivity index (χ0) is 8.69. The fraction of sp³-hybridized carbons (Fsp3) is 0.429. The lowest BCUT2D eigenvalue weighted by atomic mass is 10.5. The van der Waals surface area contributed by atoms with E-state index in [0.717, 1.165) is 0 Å². The second kappa shape index (κ2) is 5.30. The highest BCUT2D eigenvalue weighted by Gasteiger charge is 1.95. The first-order valence-corrected chi connectivity index (χ1v) is 3.05. The maximum atomic E-state index is 8.20. The summed E-state index contributed by atoms with van der Waals surface area (Å²) in [6, 6.07) is 0. The first kappa shape index (κ1) is 9.50. The van der Waals surface area contributed by atoms with Gasteiger partial charge in [0.25, 0.3) is 0 Å². The summed E-state index contributed by atoms with van der Waals surface area (Å²) >= 11 is 0. The van der Waals surface area contributed by atoms with Gasteiger partial charge in [-0.3, -0.25) is 4.99 Å². The molecule has 0 aliphatic heterocycles. The highest BCUT2D eigenvalue weighted by atomic mass is 16.4. The second-order valence-electron chi connectivity index (χ2n) is 2.02. The molecule has 0 aromatic carbocycles. The Labute approximate surface area is 66.2 Å². The molecule has 0 atom stereocenters. The Balaban J connectivity index is 4.23. The smallest absolute Gasteiger partial charge is 0.146 e. The van der Waals surface area contributed by atoms with Crippen LogP contribution in [0, 0.1) is 12.3 Å². The summed E-state index contributed by atoms with van der Waals surface area (Å²) in [6.45, 7) is 0.291. The minimum atomic E-state index is 0.291. The Morgan fingerprint density at radius 2 is 2.36 bits per heavy atom. The summed E-state index contributed by atoms with van der Waals surface area (Å²) in [4.78, 5) is 5.63. The molecule has 0 heterocycles. The van der Waals surface area contributed by atoms with Crippen molar-refractivity contribution < 1.29 is 5.21 Å². The fourth-order valence-electron chi connectivity index (χ4n) is 0.476. The van der Waals surface area contributed by atoms with Crippen molar-refractivity contribution in [2.45, 2.75) is 0 Å². The van der Waals surface area contributed by atoms with Crippen LogP contribution >= 0.6 is 0 Å². The molecular weight excluding hydrogens is 142 g/mol. The van der Waals surface area contributed by atoms with Crippen LogP contribution in [0.4, 0.5) is 0 Å². The van der Waals surface area contributed by atoms with Crippen molar-refractivity contribution in [1.29, 1.82) is 0 Å². The minimum Gasteiger partial charge on any atom is -0.411 e. The molecule has 0 bridgehead atoms.